The summed E-state index contributed by atoms with van der Waals surface area (Å²) in [5, 5.41) is 31.9. The van der Waals surface area contributed by atoms with E-state index in [4.69, 9.17) is 0 Å². The maximum Gasteiger partial charge on any atom is 0.101 e. The molecule has 2 aliphatic carbocycles. The minimum atomic E-state index is -0.201. The van der Waals surface area contributed by atoms with E-state index in [2.05, 4.69) is 195 Å². The number of aromatic nitrogens is 2. The highest BCUT2D eigenvalue weighted by Gasteiger charge is 2.40. The number of rotatable bonds is 2. The summed E-state index contributed by atoms with van der Waals surface area (Å²) in [6.45, 7) is 9.31. The van der Waals surface area contributed by atoms with Gasteiger partial charge in [-0.2, -0.15) is 10.5 Å². The lowest BCUT2D eigenvalue weighted by atomic mass is 9.82. The summed E-state index contributed by atoms with van der Waals surface area (Å²) in [6, 6.07) is 61.6. The fourth-order valence-electron chi connectivity index (χ4n) is 11.7. The molecule has 4 nitrogen and oxygen atoms in total. The molecule has 0 saturated heterocycles. The highest BCUT2D eigenvalue weighted by molar-refractivity contribution is 6.22. The second-order valence-corrected chi connectivity index (χ2v) is 18.2. The molecule has 0 spiro atoms. The Bertz CT molecular complexity index is 3690. The Morgan fingerprint density at radius 1 is 0.371 bits per heavy atom. The first kappa shape index (κ1) is 34.9. The smallest absolute Gasteiger partial charge is 0.101 e. The van der Waals surface area contributed by atoms with Crippen LogP contribution >= 0.6 is 0 Å². The molecular formula is C58H38N4. The second-order valence-electron chi connectivity index (χ2n) is 18.2. The fraction of sp³-hybridized carbons (Fsp3) is 0.103. The van der Waals surface area contributed by atoms with E-state index in [1.54, 1.807) is 0 Å². The summed E-state index contributed by atoms with van der Waals surface area (Å²) in [4.78, 5) is 0. The van der Waals surface area contributed by atoms with Crippen molar-refractivity contribution < 1.29 is 0 Å². The number of para-hydroxylation sites is 2. The Morgan fingerprint density at radius 2 is 0.726 bits per heavy atom. The third kappa shape index (κ3) is 4.19. The van der Waals surface area contributed by atoms with Gasteiger partial charge in [-0.1, -0.05) is 149 Å². The van der Waals surface area contributed by atoms with Crippen LogP contribution in [0.15, 0.2) is 158 Å². The van der Waals surface area contributed by atoms with Crippen LogP contribution in [0.5, 0.6) is 0 Å². The van der Waals surface area contributed by atoms with Crippen molar-refractivity contribution in [3.8, 4) is 45.8 Å². The van der Waals surface area contributed by atoms with Crippen molar-refractivity contribution >= 4 is 65.2 Å². The van der Waals surface area contributed by atoms with Gasteiger partial charge >= 0.3 is 0 Å². The van der Waals surface area contributed by atoms with Crippen molar-refractivity contribution in [2.24, 2.45) is 0 Å². The molecule has 0 fully saturated rings. The molecule has 0 amide bonds. The molecule has 13 rings (SSSR count). The lowest BCUT2D eigenvalue weighted by molar-refractivity contribution is 0.661. The lowest BCUT2D eigenvalue weighted by Crippen LogP contribution is -2.14. The number of nitrogens with zero attached hydrogens (tertiary/aromatic N) is 4. The summed E-state index contributed by atoms with van der Waals surface area (Å²) < 4.78 is 4.43. The molecule has 290 valence electrons. The van der Waals surface area contributed by atoms with Crippen LogP contribution in [0.3, 0.4) is 0 Å². The van der Waals surface area contributed by atoms with Crippen molar-refractivity contribution in [1.29, 1.82) is 10.5 Å². The van der Waals surface area contributed by atoms with E-state index in [9.17, 15) is 10.5 Å². The SMILES string of the molecule is CC1(C)c2ccc3ccccc3c2-c2c1ccc1c2c2ccccc2n1-c1cc(C#N)c(-n2c3ccccc3c3c4c(ccc32)C(C)(C)c2ccc3ccccc3c2-4)cc1C#N. The quantitative estimate of drug-likeness (QED) is 0.175. The topological polar surface area (TPSA) is 57.4 Å². The van der Waals surface area contributed by atoms with Gasteiger partial charge < -0.3 is 9.13 Å². The highest BCUT2D eigenvalue weighted by atomic mass is 15.0. The van der Waals surface area contributed by atoms with Crippen LogP contribution in [0.4, 0.5) is 0 Å². The van der Waals surface area contributed by atoms with Gasteiger partial charge in [0.05, 0.1) is 44.6 Å². The summed E-state index contributed by atoms with van der Waals surface area (Å²) >= 11 is 0. The van der Waals surface area contributed by atoms with Crippen molar-refractivity contribution in [3.05, 3.63) is 191 Å². The Hall–Kier alpha value is -7.92. The van der Waals surface area contributed by atoms with Gasteiger partial charge in [0.1, 0.15) is 12.1 Å². The van der Waals surface area contributed by atoms with Crippen LogP contribution in [0.25, 0.3) is 98.8 Å². The third-order valence-electron chi connectivity index (χ3n) is 14.6. The molecule has 0 aliphatic heterocycles. The van der Waals surface area contributed by atoms with Crippen LogP contribution in [0, 0.1) is 22.7 Å². The number of hydrogen-bond acceptors (Lipinski definition) is 2. The Labute approximate surface area is 358 Å². The molecule has 0 bridgehead atoms. The highest BCUT2D eigenvalue weighted by Crippen LogP contribution is 2.57. The monoisotopic (exact) mass is 790 g/mol. The molecule has 0 unspecified atom stereocenters. The molecule has 0 atom stereocenters. The zero-order chi connectivity index (χ0) is 41.8. The van der Waals surface area contributed by atoms with Gasteiger partial charge in [0.2, 0.25) is 0 Å². The van der Waals surface area contributed by atoms with Crippen LogP contribution in [-0.2, 0) is 10.8 Å². The molecule has 0 N–H and O–H groups in total. The van der Waals surface area contributed by atoms with Gasteiger partial charge in [0, 0.05) is 32.4 Å². The van der Waals surface area contributed by atoms with Gasteiger partial charge in [-0.15, -0.1) is 0 Å². The minimum absolute atomic E-state index is 0.201. The zero-order valence-electron chi connectivity index (χ0n) is 34.8. The van der Waals surface area contributed by atoms with E-state index in [0.29, 0.717) is 22.5 Å². The molecule has 0 radical (unpaired) electrons. The first-order valence-electron chi connectivity index (χ1n) is 21.4. The van der Waals surface area contributed by atoms with E-state index >= 15 is 0 Å². The number of hydrogen-bond donors (Lipinski definition) is 0. The first-order chi connectivity index (χ1) is 30.2. The maximum absolute atomic E-state index is 11.2. The Morgan fingerprint density at radius 3 is 1.15 bits per heavy atom. The van der Waals surface area contributed by atoms with E-state index in [1.165, 1.54) is 76.8 Å². The maximum atomic E-state index is 11.2. The fourth-order valence-corrected chi connectivity index (χ4v) is 11.7. The van der Waals surface area contributed by atoms with E-state index in [-0.39, 0.29) is 10.8 Å². The molecule has 2 heterocycles. The average Bonchev–Trinajstić information content (AvgIpc) is 3.97. The lowest BCUT2D eigenvalue weighted by Gasteiger charge is -2.22. The van der Waals surface area contributed by atoms with E-state index in [1.807, 2.05) is 12.1 Å². The zero-order valence-corrected chi connectivity index (χ0v) is 34.8. The normalized spacial score (nSPS) is 14.4. The van der Waals surface area contributed by atoms with Crippen molar-refractivity contribution in [1.82, 2.24) is 9.13 Å². The second kappa shape index (κ2) is 11.9. The van der Waals surface area contributed by atoms with E-state index in [0.717, 1.165) is 32.8 Å². The molecule has 62 heavy (non-hydrogen) atoms. The summed E-state index contributed by atoms with van der Waals surface area (Å²) in [5.74, 6) is 0. The predicted molar refractivity (Wildman–Crippen MR) is 255 cm³/mol. The Balaban J connectivity index is 1.10. The molecule has 2 aliphatic rings. The summed E-state index contributed by atoms with van der Waals surface area (Å²) in [6.07, 6.45) is 0. The van der Waals surface area contributed by atoms with Crippen molar-refractivity contribution in [2.75, 3.05) is 0 Å². The largest absolute Gasteiger partial charge is 0.308 e. The minimum Gasteiger partial charge on any atom is -0.308 e. The van der Waals surface area contributed by atoms with E-state index < -0.39 is 0 Å². The number of benzene rings is 9. The van der Waals surface area contributed by atoms with Crippen LogP contribution < -0.4 is 0 Å². The Kier molecular flexibility index (Phi) is 6.69. The molecule has 2 aromatic heterocycles. The van der Waals surface area contributed by atoms with Crippen LogP contribution in [0.2, 0.25) is 0 Å². The molecule has 0 saturated carbocycles. The van der Waals surface area contributed by atoms with Gasteiger partial charge in [-0.25, -0.2) is 0 Å². The number of nitriles is 2. The third-order valence-corrected chi connectivity index (χ3v) is 14.6. The van der Waals surface area contributed by atoms with Gasteiger partial charge in [0.15, 0.2) is 0 Å². The average molecular weight is 791 g/mol. The molecule has 4 heteroatoms. The predicted octanol–water partition coefficient (Wildman–Crippen LogP) is 14.5. The van der Waals surface area contributed by atoms with Gasteiger partial charge in [-0.3, -0.25) is 0 Å². The first-order valence-corrected chi connectivity index (χ1v) is 21.4. The standard InChI is InChI=1S/C58H38N4/c1-57(2)41-23-21-33-13-5-7-15-37(33)51(41)55-43(57)25-27-47-53(55)39-17-9-11-19-45(39)61(47)49-29-36(32-60)50(30-35(49)31-59)62-46-20-12-10-18-40(46)54-48(62)28-26-44-56(54)52-38-16-8-6-14-34(38)22-24-42(52)58(44,3)4/h5-30H,1-4H3. The molecular weight excluding hydrogens is 753 g/mol. The van der Waals surface area contributed by atoms with Crippen LogP contribution in [-0.4, -0.2) is 9.13 Å². The number of fused-ring (bicyclic) bond motifs is 18. The van der Waals surface area contributed by atoms with Gasteiger partial charge in [0.25, 0.3) is 0 Å². The summed E-state index contributed by atoms with van der Waals surface area (Å²) in [5.41, 5.74) is 16.3. The van der Waals surface area contributed by atoms with Gasteiger partial charge in [-0.05, 0) is 102 Å². The summed E-state index contributed by atoms with van der Waals surface area (Å²) in [7, 11) is 0. The molecule has 11 aromatic rings. The van der Waals surface area contributed by atoms with Crippen LogP contribution in [0.1, 0.15) is 61.1 Å². The molecule has 9 aromatic carbocycles. The van der Waals surface area contributed by atoms with Crippen molar-refractivity contribution in [2.45, 2.75) is 38.5 Å². The van der Waals surface area contributed by atoms with Crippen molar-refractivity contribution in [3.63, 3.8) is 0 Å².